The van der Waals surface area contributed by atoms with E-state index >= 15 is 0 Å². The molecule has 5 nitrogen and oxygen atoms in total. The number of benzene rings is 2. The lowest BCUT2D eigenvalue weighted by molar-refractivity contribution is 0.312. The second kappa shape index (κ2) is 10.3. The Bertz CT molecular complexity index is 693. The first-order valence-electron chi connectivity index (χ1n) is 10.2. The van der Waals surface area contributed by atoms with E-state index in [2.05, 4.69) is 76.2 Å². The number of anilines is 2. The van der Waals surface area contributed by atoms with Crippen LogP contribution in [0.15, 0.2) is 54.6 Å². The minimum Gasteiger partial charge on any atom is -0.497 e. The van der Waals surface area contributed by atoms with Crippen LogP contribution < -0.4 is 14.5 Å². The van der Waals surface area contributed by atoms with E-state index in [4.69, 9.17) is 4.74 Å². The molecule has 0 unspecified atom stereocenters. The van der Waals surface area contributed by atoms with Gasteiger partial charge in [0.2, 0.25) is 0 Å². The molecule has 2 saturated heterocycles. The van der Waals surface area contributed by atoms with Crippen LogP contribution >= 0.6 is 0 Å². The van der Waals surface area contributed by atoms with E-state index in [9.17, 15) is 0 Å². The summed E-state index contributed by atoms with van der Waals surface area (Å²) >= 11 is 0. The summed E-state index contributed by atoms with van der Waals surface area (Å²) in [6.45, 7) is 9.13. The van der Waals surface area contributed by atoms with Gasteiger partial charge in [-0.1, -0.05) is 24.3 Å². The van der Waals surface area contributed by atoms with Crippen molar-refractivity contribution in [2.45, 2.75) is 0 Å². The van der Waals surface area contributed by atoms with Crippen LogP contribution in [0, 0.1) is 0 Å². The fraction of sp³-hybridized carbons (Fsp3) is 0.478. The van der Waals surface area contributed by atoms with E-state index in [1.54, 1.807) is 7.11 Å². The fourth-order valence-electron chi connectivity index (χ4n) is 3.58. The molecule has 2 heterocycles. The Balaban J connectivity index is 0.000000162. The third kappa shape index (κ3) is 5.88. The predicted molar refractivity (Wildman–Crippen MR) is 119 cm³/mol. The van der Waals surface area contributed by atoms with Crippen molar-refractivity contribution < 1.29 is 4.74 Å². The van der Waals surface area contributed by atoms with E-state index in [-0.39, 0.29) is 0 Å². The van der Waals surface area contributed by atoms with Gasteiger partial charge in [-0.2, -0.15) is 0 Å². The van der Waals surface area contributed by atoms with E-state index in [1.807, 2.05) is 12.1 Å². The van der Waals surface area contributed by atoms with Crippen LogP contribution in [0.25, 0.3) is 0 Å². The van der Waals surface area contributed by atoms with Crippen molar-refractivity contribution in [3.8, 4) is 5.75 Å². The van der Waals surface area contributed by atoms with Gasteiger partial charge in [0.05, 0.1) is 7.11 Å². The van der Waals surface area contributed by atoms with Crippen molar-refractivity contribution in [1.29, 1.82) is 0 Å². The van der Waals surface area contributed by atoms with Gasteiger partial charge in [0.25, 0.3) is 0 Å². The molecule has 2 fully saturated rings. The molecule has 152 valence electrons. The van der Waals surface area contributed by atoms with Gasteiger partial charge >= 0.3 is 0 Å². The first-order valence-corrected chi connectivity index (χ1v) is 10.2. The first-order chi connectivity index (χ1) is 13.7. The van der Waals surface area contributed by atoms with Gasteiger partial charge in [-0.15, -0.1) is 0 Å². The summed E-state index contributed by atoms with van der Waals surface area (Å²) < 4.78 is 5.23. The van der Waals surface area contributed by atoms with E-state index < -0.39 is 0 Å². The van der Waals surface area contributed by atoms with Gasteiger partial charge in [-0.3, -0.25) is 0 Å². The highest BCUT2D eigenvalue weighted by molar-refractivity contribution is 5.51. The Morgan fingerprint density at radius 3 is 1.64 bits per heavy atom. The molecule has 4 rings (SSSR count). The third-order valence-electron chi connectivity index (χ3n) is 5.55. The summed E-state index contributed by atoms with van der Waals surface area (Å²) in [4.78, 5) is 9.58. The molecule has 0 bridgehead atoms. The molecule has 0 aliphatic carbocycles. The smallest absolute Gasteiger partial charge is 0.120 e. The first kappa shape index (κ1) is 20.5. The summed E-state index contributed by atoms with van der Waals surface area (Å²) in [6, 6.07) is 18.9. The molecule has 5 heteroatoms. The van der Waals surface area contributed by atoms with Gasteiger partial charge in [0.15, 0.2) is 0 Å². The minimum atomic E-state index is 0.937. The molecule has 0 spiro atoms. The average molecular weight is 383 g/mol. The second-order valence-corrected chi connectivity index (χ2v) is 7.62. The van der Waals surface area contributed by atoms with Gasteiger partial charge in [0, 0.05) is 69.8 Å². The van der Waals surface area contributed by atoms with Gasteiger partial charge in [-0.25, -0.2) is 0 Å². The molecule has 28 heavy (non-hydrogen) atoms. The summed E-state index contributed by atoms with van der Waals surface area (Å²) in [6.07, 6.45) is 0. The highest BCUT2D eigenvalue weighted by atomic mass is 16.5. The number of piperazine rings is 2. The number of methoxy groups -OCH3 is 1. The van der Waals surface area contributed by atoms with E-state index in [1.165, 1.54) is 24.5 Å². The van der Waals surface area contributed by atoms with E-state index in [0.29, 0.717) is 0 Å². The Kier molecular flexibility index (Phi) is 7.57. The molecule has 2 aliphatic rings. The van der Waals surface area contributed by atoms with Crippen LogP contribution in [0.2, 0.25) is 0 Å². The van der Waals surface area contributed by atoms with Crippen LogP contribution in [0.3, 0.4) is 0 Å². The second-order valence-electron chi connectivity index (χ2n) is 7.62. The number of likely N-dealkylation sites (N-methyl/N-ethyl adjacent to an activating group) is 2. The number of hydrogen-bond donors (Lipinski definition) is 0. The zero-order valence-corrected chi connectivity index (χ0v) is 17.6. The Morgan fingerprint density at radius 2 is 1.11 bits per heavy atom. The quantitative estimate of drug-likeness (QED) is 0.812. The van der Waals surface area contributed by atoms with Crippen LogP contribution in [-0.4, -0.2) is 83.4 Å². The molecular formula is C23H34N4O. The van der Waals surface area contributed by atoms with Crippen LogP contribution in [-0.2, 0) is 0 Å². The maximum absolute atomic E-state index is 5.23. The van der Waals surface area contributed by atoms with Crippen molar-refractivity contribution in [2.75, 3.05) is 83.4 Å². The molecular weight excluding hydrogens is 348 g/mol. The maximum atomic E-state index is 5.23. The summed E-state index contributed by atoms with van der Waals surface area (Å²) in [5, 5.41) is 0. The molecule has 0 radical (unpaired) electrons. The van der Waals surface area contributed by atoms with Gasteiger partial charge < -0.3 is 24.3 Å². The Hall–Kier alpha value is -2.24. The van der Waals surface area contributed by atoms with Crippen molar-refractivity contribution in [3.05, 3.63) is 54.6 Å². The van der Waals surface area contributed by atoms with Crippen LogP contribution in [0.1, 0.15) is 0 Å². The van der Waals surface area contributed by atoms with Crippen molar-refractivity contribution >= 4 is 11.4 Å². The molecule has 2 aliphatic heterocycles. The van der Waals surface area contributed by atoms with Crippen molar-refractivity contribution in [3.63, 3.8) is 0 Å². The zero-order chi connectivity index (χ0) is 19.8. The Labute approximate surface area is 170 Å². The topological polar surface area (TPSA) is 22.2 Å². The highest BCUT2D eigenvalue weighted by Crippen LogP contribution is 2.21. The van der Waals surface area contributed by atoms with Crippen LogP contribution in [0.4, 0.5) is 11.4 Å². The number of hydrogen-bond acceptors (Lipinski definition) is 5. The number of nitrogens with zero attached hydrogens (tertiary/aromatic N) is 4. The largest absolute Gasteiger partial charge is 0.497 e. The monoisotopic (exact) mass is 382 g/mol. The minimum absolute atomic E-state index is 0.937. The molecule has 2 aromatic carbocycles. The molecule has 0 atom stereocenters. The highest BCUT2D eigenvalue weighted by Gasteiger charge is 2.14. The summed E-state index contributed by atoms with van der Waals surface area (Å²) in [7, 11) is 6.06. The van der Waals surface area contributed by atoms with Gasteiger partial charge in [-0.05, 0) is 38.4 Å². The molecule has 0 saturated carbocycles. The molecule has 0 N–H and O–H groups in total. The lowest BCUT2D eigenvalue weighted by Gasteiger charge is -2.34. The maximum Gasteiger partial charge on any atom is 0.120 e. The average Bonchev–Trinajstić information content (AvgIpc) is 2.76. The Morgan fingerprint density at radius 1 is 0.607 bits per heavy atom. The number of para-hydroxylation sites is 1. The lowest BCUT2D eigenvalue weighted by Crippen LogP contribution is -2.44. The number of ether oxygens (including phenoxy) is 1. The van der Waals surface area contributed by atoms with E-state index in [0.717, 1.165) is 45.0 Å². The van der Waals surface area contributed by atoms with Crippen molar-refractivity contribution in [2.24, 2.45) is 0 Å². The predicted octanol–water partition coefficient (Wildman–Crippen LogP) is 2.89. The third-order valence-corrected chi connectivity index (χ3v) is 5.55. The number of rotatable bonds is 3. The molecule has 0 amide bonds. The normalized spacial score (nSPS) is 18.4. The fourth-order valence-corrected chi connectivity index (χ4v) is 3.58. The van der Waals surface area contributed by atoms with Crippen molar-refractivity contribution in [1.82, 2.24) is 9.80 Å². The summed E-state index contributed by atoms with van der Waals surface area (Å²) in [5.41, 5.74) is 2.62. The molecule has 0 aromatic heterocycles. The van der Waals surface area contributed by atoms with Crippen LogP contribution in [0.5, 0.6) is 5.75 Å². The lowest BCUT2D eigenvalue weighted by atomic mass is 10.2. The summed E-state index contributed by atoms with van der Waals surface area (Å²) in [5.74, 6) is 0.937. The standard InChI is InChI=1S/C12H18N2O.C11H16N2/c1-13-6-8-14(9-7-13)11-4-3-5-12(10-11)15-2;1-12-7-9-13(10-8-12)11-5-3-2-4-6-11/h3-5,10H,6-9H2,1-2H3;2-6H,7-10H2,1H3. The molecule has 2 aromatic rings. The van der Waals surface area contributed by atoms with Gasteiger partial charge in [0.1, 0.15) is 5.75 Å². The zero-order valence-electron chi connectivity index (χ0n) is 17.6. The SMILES string of the molecule is CN1CCN(c2ccccc2)CC1.COc1cccc(N2CCN(C)CC2)c1.